The third-order valence-electron chi connectivity index (χ3n) is 1.59. The summed E-state index contributed by atoms with van der Waals surface area (Å²) in [5.41, 5.74) is 0.866. The number of anilines is 1. The van der Waals surface area contributed by atoms with Crippen LogP contribution in [0.5, 0.6) is 0 Å². The van der Waals surface area contributed by atoms with Crippen LogP contribution in [-0.4, -0.2) is 19.1 Å². The van der Waals surface area contributed by atoms with Crippen LogP contribution in [0, 0.1) is 0 Å². The second-order valence-corrected chi connectivity index (χ2v) is 3.23. The van der Waals surface area contributed by atoms with Crippen LogP contribution in [0.25, 0.3) is 0 Å². The standard InChI is InChI=1S/C10H13NO2S/c1-2-13-10(12)7-11-8-4-3-5-9(14)6-8/h3-6,11,14H,2,7H2,1H3. The topological polar surface area (TPSA) is 38.3 Å². The molecule has 0 aliphatic carbocycles. The van der Waals surface area contributed by atoms with E-state index in [0.717, 1.165) is 10.6 Å². The van der Waals surface area contributed by atoms with E-state index in [1.165, 1.54) is 0 Å². The molecule has 0 radical (unpaired) electrons. The van der Waals surface area contributed by atoms with Crippen LogP contribution in [0.15, 0.2) is 29.2 Å². The van der Waals surface area contributed by atoms with Crippen LogP contribution in [-0.2, 0) is 9.53 Å². The summed E-state index contributed by atoms with van der Waals surface area (Å²) in [5, 5.41) is 2.95. The van der Waals surface area contributed by atoms with Crippen molar-refractivity contribution in [1.82, 2.24) is 0 Å². The highest BCUT2D eigenvalue weighted by Gasteiger charge is 2.00. The summed E-state index contributed by atoms with van der Waals surface area (Å²) in [6, 6.07) is 7.47. The van der Waals surface area contributed by atoms with E-state index in [1.54, 1.807) is 6.92 Å². The maximum atomic E-state index is 11.0. The lowest BCUT2D eigenvalue weighted by Crippen LogP contribution is -2.16. The van der Waals surface area contributed by atoms with Crippen LogP contribution in [0.3, 0.4) is 0 Å². The Kier molecular flexibility index (Phi) is 4.32. The van der Waals surface area contributed by atoms with E-state index in [4.69, 9.17) is 4.74 Å². The first-order valence-corrected chi connectivity index (χ1v) is 4.85. The van der Waals surface area contributed by atoms with E-state index in [9.17, 15) is 4.79 Å². The van der Waals surface area contributed by atoms with Crippen molar-refractivity contribution in [2.45, 2.75) is 11.8 Å². The molecule has 0 saturated carbocycles. The van der Waals surface area contributed by atoms with Crippen LogP contribution >= 0.6 is 12.6 Å². The van der Waals surface area contributed by atoms with Crippen molar-refractivity contribution in [3.8, 4) is 0 Å². The second kappa shape index (κ2) is 5.54. The van der Waals surface area contributed by atoms with E-state index in [-0.39, 0.29) is 12.5 Å². The van der Waals surface area contributed by atoms with Gasteiger partial charge in [0.15, 0.2) is 0 Å². The molecule has 14 heavy (non-hydrogen) atoms. The van der Waals surface area contributed by atoms with Gasteiger partial charge in [-0.1, -0.05) is 6.07 Å². The molecular formula is C10H13NO2S. The molecule has 0 spiro atoms. The number of hydrogen-bond acceptors (Lipinski definition) is 4. The number of benzene rings is 1. The fourth-order valence-corrected chi connectivity index (χ4v) is 1.23. The fourth-order valence-electron chi connectivity index (χ4n) is 1.00. The number of rotatable bonds is 4. The maximum absolute atomic E-state index is 11.0. The summed E-state index contributed by atoms with van der Waals surface area (Å²) in [4.78, 5) is 11.9. The minimum atomic E-state index is -0.253. The van der Waals surface area contributed by atoms with Gasteiger partial charge in [-0.15, -0.1) is 12.6 Å². The van der Waals surface area contributed by atoms with Crippen molar-refractivity contribution in [2.75, 3.05) is 18.5 Å². The monoisotopic (exact) mass is 211 g/mol. The summed E-state index contributed by atoms with van der Waals surface area (Å²) >= 11 is 4.18. The molecule has 0 aliphatic heterocycles. The molecule has 1 rings (SSSR count). The van der Waals surface area contributed by atoms with Crippen molar-refractivity contribution in [1.29, 1.82) is 0 Å². The molecule has 0 unspecified atom stereocenters. The summed E-state index contributed by atoms with van der Waals surface area (Å²) < 4.78 is 4.77. The number of ether oxygens (including phenoxy) is 1. The Morgan fingerprint density at radius 2 is 2.36 bits per heavy atom. The Morgan fingerprint density at radius 3 is 3.00 bits per heavy atom. The van der Waals surface area contributed by atoms with E-state index < -0.39 is 0 Å². The fraction of sp³-hybridized carbons (Fsp3) is 0.300. The van der Waals surface area contributed by atoms with Gasteiger partial charge in [-0.2, -0.15) is 0 Å². The van der Waals surface area contributed by atoms with Crippen LogP contribution < -0.4 is 5.32 Å². The Labute approximate surface area is 88.9 Å². The average molecular weight is 211 g/mol. The first kappa shape index (κ1) is 10.9. The highest BCUT2D eigenvalue weighted by atomic mass is 32.1. The largest absolute Gasteiger partial charge is 0.465 e. The Morgan fingerprint density at radius 1 is 1.57 bits per heavy atom. The van der Waals surface area contributed by atoms with Crippen molar-refractivity contribution >= 4 is 24.3 Å². The zero-order valence-corrected chi connectivity index (χ0v) is 8.88. The predicted molar refractivity (Wildman–Crippen MR) is 58.8 cm³/mol. The Bertz CT molecular complexity index is 315. The van der Waals surface area contributed by atoms with Crippen molar-refractivity contribution < 1.29 is 9.53 Å². The molecule has 1 N–H and O–H groups in total. The molecule has 0 aromatic heterocycles. The average Bonchev–Trinajstić information content (AvgIpc) is 2.15. The summed E-state index contributed by atoms with van der Waals surface area (Å²) in [5.74, 6) is -0.253. The molecule has 76 valence electrons. The minimum absolute atomic E-state index is 0.186. The molecule has 0 atom stereocenters. The van der Waals surface area contributed by atoms with Gasteiger partial charge in [-0.05, 0) is 25.1 Å². The zero-order chi connectivity index (χ0) is 10.4. The molecule has 0 heterocycles. The zero-order valence-electron chi connectivity index (χ0n) is 7.99. The molecule has 3 nitrogen and oxygen atoms in total. The Hall–Kier alpha value is -1.16. The van der Waals surface area contributed by atoms with Gasteiger partial charge >= 0.3 is 5.97 Å². The number of carbonyl (C=O) groups is 1. The van der Waals surface area contributed by atoms with Gasteiger partial charge in [-0.25, -0.2) is 0 Å². The quantitative estimate of drug-likeness (QED) is 0.590. The van der Waals surface area contributed by atoms with E-state index >= 15 is 0 Å². The second-order valence-electron chi connectivity index (χ2n) is 2.71. The third kappa shape index (κ3) is 3.70. The van der Waals surface area contributed by atoms with Gasteiger partial charge in [0.1, 0.15) is 6.54 Å². The van der Waals surface area contributed by atoms with E-state index in [2.05, 4.69) is 17.9 Å². The normalized spacial score (nSPS) is 9.57. The number of thiol groups is 1. The first-order chi connectivity index (χ1) is 6.72. The smallest absolute Gasteiger partial charge is 0.325 e. The number of esters is 1. The van der Waals surface area contributed by atoms with Crippen molar-refractivity contribution in [3.63, 3.8) is 0 Å². The van der Waals surface area contributed by atoms with Gasteiger partial charge < -0.3 is 10.1 Å². The minimum Gasteiger partial charge on any atom is -0.465 e. The lowest BCUT2D eigenvalue weighted by molar-refractivity contribution is -0.140. The number of hydrogen-bond donors (Lipinski definition) is 2. The molecule has 1 aromatic rings. The SMILES string of the molecule is CCOC(=O)CNc1cccc(S)c1. The van der Waals surface area contributed by atoms with E-state index in [1.807, 2.05) is 24.3 Å². The van der Waals surface area contributed by atoms with Gasteiger partial charge in [0.2, 0.25) is 0 Å². The molecule has 0 saturated heterocycles. The molecule has 0 bridgehead atoms. The maximum Gasteiger partial charge on any atom is 0.325 e. The predicted octanol–water partition coefficient (Wildman–Crippen LogP) is 1.95. The first-order valence-electron chi connectivity index (χ1n) is 4.41. The molecule has 0 amide bonds. The van der Waals surface area contributed by atoms with Crippen LogP contribution in [0.1, 0.15) is 6.92 Å². The van der Waals surface area contributed by atoms with Gasteiger partial charge in [-0.3, -0.25) is 4.79 Å². The van der Waals surface area contributed by atoms with Gasteiger partial charge in [0, 0.05) is 10.6 Å². The summed E-state index contributed by atoms with van der Waals surface area (Å²) in [6.45, 7) is 2.38. The van der Waals surface area contributed by atoms with E-state index in [0.29, 0.717) is 6.61 Å². The molecular weight excluding hydrogens is 198 g/mol. The van der Waals surface area contributed by atoms with Crippen LogP contribution in [0.2, 0.25) is 0 Å². The third-order valence-corrected chi connectivity index (χ3v) is 1.87. The van der Waals surface area contributed by atoms with Crippen LogP contribution in [0.4, 0.5) is 5.69 Å². The van der Waals surface area contributed by atoms with Gasteiger partial charge in [0.05, 0.1) is 6.61 Å². The summed E-state index contributed by atoms with van der Waals surface area (Å²) in [7, 11) is 0. The molecule has 1 aromatic carbocycles. The lowest BCUT2D eigenvalue weighted by Gasteiger charge is -2.05. The molecule has 0 fully saturated rings. The van der Waals surface area contributed by atoms with Crippen molar-refractivity contribution in [3.05, 3.63) is 24.3 Å². The number of nitrogens with one attached hydrogen (secondary N) is 1. The molecule has 4 heteroatoms. The lowest BCUT2D eigenvalue weighted by atomic mass is 10.3. The number of carbonyl (C=O) groups excluding carboxylic acids is 1. The van der Waals surface area contributed by atoms with Crippen molar-refractivity contribution in [2.24, 2.45) is 0 Å². The Balaban J connectivity index is 2.41. The van der Waals surface area contributed by atoms with Gasteiger partial charge in [0.25, 0.3) is 0 Å². The highest BCUT2D eigenvalue weighted by Crippen LogP contribution is 2.12. The highest BCUT2D eigenvalue weighted by molar-refractivity contribution is 7.80. The summed E-state index contributed by atoms with van der Waals surface area (Å²) in [6.07, 6.45) is 0. The molecule has 0 aliphatic rings.